The Morgan fingerprint density at radius 2 is 1.91 bits per heavy atom. The molecule has 124 valence electrons. The first kappa shape index (κ1) is 18.6. The molecule has 22 heavy (non-hydrogen) atoms. The number of nitro groups is 1. The zero-order valence-electron chi connectivity index (χ0n) is 13.4. The molecule has 1 aromatic rings. The van der Waals surface area contributed by atoms with E-state index >= 15 is 0 Å². The lowest BCUT2D eigenvalue weighted by molar-refractivity contribution is -0.384. The molecule has 1 unspecified atom stereocenters. The van der Waals surface area contributed by atoms with Crippen molar-refractivity contribution in [2.75, 3.05) is 18.9 Å². The molecule has 0 radical (unpaired) electrons. The summed E-state index contributed by atoms with van der Waals surface area (Å²) in [7, 11) is 0.123. The lowest BCUT2D eigenvalue weighted by Crippen LogP contribution is -2.15. The summed E-state index contributed by atoms with van der Waals surface area (Å²) >= 11 is 0. The van der Waals surface area contributed by atoms with Gasteiger partial charge in [0.05, 0.1) is 9.82 Å². The Morgan fingerprint density at radius 1 is 1.27 bits per heavy atom. The molecule has 0 heterocycles. The van der Waals surface area contributed by atoms with E-state index in [2.05, 4.69) is 23.9 Å². The highest BCUT2D eigenvalue weighted by Crippen LogP contribution is 2.27. The molecule has 0 fully saturated rings. The number of nitrogens with one attached hydrogen (secondary N) is 2. The van der Waals surface area contributed by atoms with Gasteiger partial charge in [-0.2, -0.15) is 0 Å². The molecule has 0 aliphatic carbocycles. The first-order chi connectivity index (χ1) is 10.5. The summed E-state index contributed by atoms with van der Waals surface area (Å²) in [4.78, 5) is 11.2. The minimum Gasteiger partial charge on any atom is -0.379 e. The van der Waals surface area contributed by atoms with Crippen molar-refractivity contribution in [1.82, 2.24) is 4.72 Å². The van der Waals surface area contributed by atoms with Crippen LogP contribution in [0.3, 0.4) is 0 Å². The van der Waals surface area contributed by atoms with Gasteiger partial charge in [-0.15, -0.1) is 0 Å². The van der Waals surface area contributed by atoms with E-state index in [-0.39, 0.29) is 5.69 Å². The molecular formula is C15H25N3O3S. The molecule has 1 aromatic carbocycles. The number of rotatable bonds is 10. The summed E-state index contributed by atoms with van der Waals surface area (Å²) in [6, 6.07) is 4.65. The van der Waals surface area contributed by atoms with Crippen molar-refractivity contribution in [1.29, 1.82) is 0 Å². The molecule has 0 aromatic heterocycles. The van der Waals surface area contributed by atoms with E-state index in [0.29, 0.717) is 16.5 Å². The Bertz CT molecular complexity index is 517. The molecule has 7 heteroatoms. The van der Waals surface area contributed by atoms with E-state index in [1.54, 1.807) is 19.2 Å². The van der Waals surface area contributed by atoms with Crippen molar-refractivity contribution in [3.63, 3.8) is 0 Å². The van der Waals surface area contributed by atoms with Crippen LogP contribution < -0.4 is 10.0 Å². The number of benzene rings is 1. The number of anilines is 1. The van der Waals surface area contributed by atoms with Gasteiger partial charge < -0.3 is 5.32 Å². The number of nitro benzene ring substituents is 1. The molecule has 0 saturated heterocycles. The number of hydrogen-bond acceptors (Lipinski definition) is 4. The molecular weight excluding hydrogens is 302 g/mol. The Labute approximate surface area is 134 Å². The molecule has 0 saturated carbocycles. The SMILES string of the molecule is CCCC(CCC)CNc1ccc(S(=O)NC)cc1[N+](=O)[O-]. The van der Waals surface area contributed by atoms with Crippen LogP contribution in [0.1, 0.15) is 39.5 Å². The second-order valence-electron chi connectivity index (χ2n) is 5.23. The summed E-state index contributed by atoms with van der Waals surface area (Å²) in [6.45, 7) is 5.01. The van der Waals surface area contributed by atoms with Crippen molar-refractivity contribution in [3.05, 3.63) is 28.3 Å². The second kappa shape index (κ2) is 9.53. The first-order valence-corrected chi connectivity index (χ1v) is 8.79. The van der Waals surface area contributed by atoms with Crippen molar-refractivity contribution < 1.29 is 9.13 Å². The second-order valence-corrected chi connectivity index (χ2v) is 6.65. The Kier molecular flexibility index (Phi) is 8.05. The van der Waals surface area contributed by atoms with Gasteiger partial charge >= 0.3 is 0 Å². The monoisotopic (exact) mass is 327 g/mol. The van der Waals surface area contributed by atoms with Crippen LogP contribution >= 0.6 is 0 Å². The van der Waals surface area contributed by atoms with Crippen molar-refractivity contribution in [2.24, 2.45) is 5.92 Å². The maximum Gasteiger partial charge on any atom is 0.293 e. The summed E-state index contributed by atoms with van der Waals surface area (Å²) in [5.41, 5.74) is 0.451. The van der Waals surface area contributed by atoms with E-state index in [4.69, 9.17) is 0 Å². The van der Waals surface area contributed by atoms with Gasteiger partial charge in [-0.1, -0.05) is 26.7 Å². The largest absolute Gasteiger partial charge is 0.379 e. The number of nitrogens with zero attached hydrogens (tertiary/aromatic N) is 1. The standard InChI is InChI=1S/C15H25N3O3S/c1-4-6-12(7-5-2)11-17-14-9-8-13(22(21)16-3)10-15(14)18(19)20/h8-10,12,16-17H,4-7,11H2,1-3H3. The van der Waals surface area contributed by atoms with E-state index in [9.17, 15) is 14.3 Å². The highest BCUT2D eigenvalue weighted by molar-refractivity contribution is 7.83. The smallest absolute Gasteiger partial charge is 0.293 e. The summed E-state index contributed by atoms with van der Waals surface area (Å²) in [6.07, 6.45) is 4.43. The zero-order valence-corrected chi connectivity index (χ0v) is 14.2. The normalized spacial score (nSPS) is 12.4. The van der Waals surface area contributed by atoms with E-state index in [0.717, 1.165) is 32.2 Å². The predicted molar refractivity (Wildman–Crippen MR) is 90.4 cm³/mol. The molecule has 1 atom stereocenters. The van der Waals surface area contributed by atoms with E-state index in [1.807, 2.05) is 0 Å². The highest BCUT2D eigenvalue weighted by Gasteiger charge is 2.17. The van der Waals surface area contributed by atoms with Crippen LogP contribution in [0, 0.1) is 16.0 Å². The Balaban J connectivity index is 2.89. The summed E-state index contributed by atoms with van der Waals surface area (Å²) in [5, 5.41) is 14.4. The van der Waals surface area contributed by atoms with Gasteiger partial charge in [0.15, 0.2) is 0 Å². The van der Waals surface area contributed by atoms with Gasteiger partial charge in [0.2, 0.25) is 0 Å². The van der Waals surface area contributed by atoms with Crippen LogP contribution in [0.25, 0.3) is 0 Å². The fraction of sp³-hybridized carbons (Fsp3) is 0.600. The van der Waals surface area contributed by atoms with Gasteiger partial charge in [-0.05, 0) is 37.9 Å². The van der Waals surface area contributed by atoms with Gasteiger partial charge in [0.1, 0.15) is 16.7 Å². The Morgan fingerprint density at radius 3 is 2.41 bits per heavy atom. The van der Waals surface area contributed by atoms with Gasteiger partial charge in [-0.25, -0.2) is 8.93 Å². The van der Waals surface area contributed by atoms with Crippen LogP contribution in [0.5, 0.6) is 0 Å². The first-order valence-electron chi connectivity index (χ1n) is 7.64. The molecule has 2 N–H and O–H groups in total. The molecule has 0 spiro atoms. The van der Waals surface area contributed by atoms with Crippen molar-refractivity contribution in [3.8, 4) is 0 Å². The van der Waals surface area contributed by atoms with Crippen molar-refractivity contribution >= 4 is 22.4 Å². The predicted octanol–water partition coefficient (Wildman–Crippen LogP) is 3.47. The van der Waals surface area contributed by atoms with Gasteiger partial charge in [0, 0.05) is 12.6 Å². The van der Waals surface area contributed by atoms with Crippen LogP contribution in [-0.2, 0) is 11.0 Å². The molecule has 0 aliphatic heterocycles. The van der Waals surface area contributed by atoms with Gasteiger partial charge in [-0.3, -0.25) is 10.1 Å². The molecule has 0 amide bonds. The zero-order chi connectivity index (χ0) is 16.5. The average molecular weight is 327 g/mol. The molecule has 1 rings (SSSR count). The lowest BCUT2D eigenvalue weighted by atomic mass is 9.98. The van der Waals surface area contributed by atoms with Crippen molar-refractivity contribution in [2.45, 2.75) is 44.4 Å². The quantitative estimate of drug-likeness (QED) is 0.509. The van der Waals surface area contributed by atoms with Crippen LogP contribution in [0.2, 0.25) is 0 Å². The summed E-state index contributed by atoms with van der Waals surface area (Å²) < 4.78 is 14.3. The third kappa shape index (κ3) is 5.38. The van der Waals surface area contributed by atoms with E-state index in [1.165, 1.54) is 6.07 Å². The highest BCUT2D eigenvalue weighted by atomic mass is 32.2. The third-order valence-corrected chi connectivity index (χ3v) is 4.59. The van der Waals surface area contributed by atoms with Crippen LogP contribution in [-0.4, -0.2) is 22.7 Å². The third-order valence-electron chi connectivity index (χ3n) is 3.54. The molecule has 0 bridgehead atoms. The van der Waals surface area contributed by atoms with Crippen LogP contribution in [0.4, 0.5) is 11.4 Å². The maximum atomic E-state index is 11.7. The topological polar surface area (TPSA) is 84.3 Å². The summed E-state index contributed by atoms with van der Waals surface area (Å²) in [5.74, 6) is 0.515. The Hall–Kier alpha value is -1.47. The minimum absolute atomic E-state index is 0.0344. The number of hydrogen-bond donors (Lipinski definition) is 2. The maximum absolute atomic E-state index is 11.7. The molecule has 0 aliphatic rings. The minimum atomic E-state index is -1.43. The van der Waals surface area contributed by atoms with Crippen LogP contribution in [0.15, 0.2) is 23.1 Å². The average Bonchev–Trinajstić information content (AvgIpc) is 2.52. The molecule has 6 nitrogen and oxygen atoms in total. The van der Waals surface area contributed by atoms with Gasteiger partial charge in [0.25, 0.3) is 5.69 Å². The fourth-order valence-electron chi connectivity index (χ4n) is 2.46. The fourth-order valence-corrected chi connectivity index (χ4v) is 3.11. The van der Waals surface area contributed by atoms with E-state index < -0.39 is 15.9 Å². The lowest BCUT2D eigenvalue weighted by Gasteiger charge is -2.17.